The van der Waals surface area contributed by atoms with Crippen LogP contribution in [0.2, 0.25) is 0 Å². The number of hydrogen-bond donors (Lipinski definition) is 2. The molecule has 5 nitrogen and oxygen atoms in total. The predicted octanol–water partition coefficient (Wildman–Crippen LogP) is 3.03. The summed E-state index contributed by atoms with van der Waals surface area (Å²) in [7, 11) is 3.15. The van der Waals surface area contributed by atoms with Crippen molar-refractivity contribution in [2.75, 3.05) is 33.9 Å². The number of aryl methyl sites for hydroxylation is 1. The Morgan fingerprint density at radius 1 is 1.20 bits per heavy atom. The Bertz CT molecular complexity index is 548. The van der Waals surface area contributed by atoms with E-state index in [1.165, 1.54) is 7.05 Å². The Hall–Kier alpha value is -1.96. The van der Waals surface area contributed by atoms with Crippen LogP contribution in [0.4, 0.5) is 13.2 Å². The van der Waals surface area contributed by atoms with Crippen LogP contribution in [0.1, 0.15) is 24.0 Å². The second kappa shape index (κ2) is 10.8. The second-order valence-corrected chi connectivity index (χ2v) is 5.52. The van der Waals surface area contributed by atoms with Gasteiger partial charge in [-0.3, -0.25) is 4.99 Å². The van der Waals surface area contributed by atoms with Crippen molar-refractivity contribution in [3.63, 3.8) is 0 Å². The van der Waals surface area contributed by atoms with Crippen molar-refractivity contribution >= 4 is 5.96 Å². The highest BCUT2D eigenvalue weighted by Gasteiger charge is 2.26. The van der Waals surface area contributed by atoms with Gasteiger partial charge in [0.05, 0.1) is 13.0 Å². The van der Waals surface area contributed by atoms with Gasteiger partial charge >= 0.3 is 6.18 Å². The Morgan fingerprint density at radius 3 is 2.60 bits per heavy atom. The standard InChI is InChI=1S/C17H26F3N3O2/c1-13-5-6-14(15(11-13)25-10-4-9-24-3)12-23-16(21-2)22-8-7-17(18,19)20/h5-6,11H,4,7-10,12H2,1-3H3,(H2,21,22,23). The first kappa shape index (κ1) is 21.1. The van der Waals surface area contributed by atoms with Crippen LogP contribution in [0.5, 0.6) is 5.75 Å². The summed E-state index contributed by atoms with van der Waals surface area (Å²) in [6, 6.07) is 5.82. The molecular formula is C17H26F3N3O2. The molecule has 0 aliphatic heterocycles. The smallest absolute Gasteiger partial charge is 0.390 e. The van der Waals surface area contributed by atoms with E-state index in [0.717, 1.165) is 23.3 Å². The van der Waals surface area contributed by atoms with Crippen LogP contribution in [-0.2, 0) is 11.3 Å². The van der Waals surface area contributed by atoms with Gasteiger partial charge in [0, 0.05) is 45.8 Å². The SMILES string of the molecule is CN=C(NCCC(F)(F)F)NCc1ccc(C)cc1OCCCOC. The lowest BCUT2D eigenvalue weighted by Gasteiger charge is -2.16. The molecule has 0 radical (unpaired) electrons. The van der Waals surface area contributed by atoms with Gasteiger partial charge in [-0.2, -0.15) is 13.2 Å². The summed E-state index contributed by atoms with van der Waals surface area (Å²) in [4.78, 5) is 3.93. The Morgan fingerprint density at radius 2 is 1.96 bits per heavy atom. The van der Waals surface area contributed by atoms with E-state index >= 15 is 0 Å². The Balaban J connectivity index is 2.56. The molecule has 0 bridgehead atoms. The molecule has 0 fully saturated rings. The van der Waals surface area contributed by atoms with Gasteiger partial charge in [-0.25, -0.2) is 0 Å². The van der Waals surface area contributed by atoms with E-state index in [9.17, 15) is 13.2 Å². The monoisotopic (exact) mass is 361 g/mol. The third-order valence-corrected chi connectivity index (χ3v) is 3.34. The van der Waals surface area contributed by atoms with Gasteiger partial charge in [0.2, 0.25) is 0 Å². The van der Waals surface area contributed by atoms with Crippen molar-refractivity contribution < 1.29 is 22.6 Å². The maximum atomic E-state index is 12.2. The van der Waals surface area contributed by atoms with Crippen molar-refractivity contribution in [3.05, 3.63) is 29.3 Å². The summed E-state index contributed by atoms with van der Waals surface area (Å²) in [6.45, 7) is 3.29. The molecule has 0 unspecified atom stereocenters. The number of ether oxygens (including phenoxy) is 2. The number of alkyl halides is 3. The summed E-state index contributed by atoms with van der Waals surface area (Å²) in [5.74, 6) is 1.06. The number of nitrogens with zero attached hydrogens (tertiary/aromatic N) is 1. The minimum absolute atomic E-state index is 0.225. The molecule has 0 spiro atoms. The number of nitrogens with one attached hydrogen (secondary N) is 2. The summed E-state index contributed by atoms with van der Waals surface area (Å²) >= 11 is 0. The second-order valence-electron chi connectivity index (χ2n) is 5.52. The summed E-state index contributed by atoms with van der Waals surface area (Å²) in [5, 5.41) is 5.65. The van der Waals surface area contributed by atoms with E-state index in [1.807, 2.05) is 25.1 Å². The first-order valence-corrected chi connectivity index (χ1v) is 8.08. The highest BCUT2D eigenvalue weighted by atomic mass is 19.4. The maximum Gasteiger partial charge on any atom is 0.390 e. The first-order chi connectivity index (χ1) is 11.9. The number of benzene rings is 1. The topological polar surface area (TPSA) is 54.9 Å². The van der Waals surface area contributed by atoms with Crippen LogP contribution in [0.15, 0.2) is 23.2 Å². The fourth-order valence-corrected chi connectivity index (χ4v) is 2.05. The number of halogens is 3. The average Bonchev–Trinajstić information content (AvgIpc) is 2.55. The molecule has 0 aromatic heterocycles. The summed E-state index contributed by atoms with van der Waals surface area (Å²) in [6.07, 6.45) is -4.32. The predicted molar refractivity (Wildman–Crippen MR) is 92.0 cm³/mol. The number of rotatable bonds is 9. The Kier molecular flexibility index (Phi) is 9.12. The third-order valence-electron chi connectivity index (χ3n) is 3.34. The van der Waals surface area contributed by atoms with E-state index in [0.29, 0.717) is 25.7 Å². The van der Waals surface area contributed by atoms with Crippen molar-refractivity contribution in [1.29, 1.82) is 0 Å². The van der Waals surface area contributed by atoms with Gasteiger partial charge < -0.3 is 20.1 Å². The zero-order chi connectivity index (χ0) is 18.7. The molecule has 0 saturated heterocycles. The number of guanidine groups is 1. The van der Waals surface area contributed by atoms with E-state index in [4.69, 9.17) is 9.47 Å². The van der Waals surface area contributed by atoms with Crippen molar-refractivity contribution in [3.8, 4) is 5.75 Å². The average molecular weight is 361 g/mol. The fraction of sp³-hybridized carbons (Fsp3) is 0.588. The molecule has 25 heavy (non-hydrogen) atoms. The van der Waals surface area contributed by atoms with Crippen LogP contribution in [0.25, 0.3) is 0 Å². The molecule has 0 amide bonds. The quantitative estimate of drug-likeness (QED) is 0.403. The van der Waals surface area contributed by atoms with Gasteiger partial charge in [0.1, 0.15) is 5.75 Å². The minimum Gasteiger partial charge on any atom is -0.493 e. The highest BCUT2D eigenvalue weighted by molar-refractivity contribution is 5.79. The molecule has 0 aliphatic rings. The molecule has 1 aromatic carbocycles. The van der Waals surface area contributed by atoms with E-state index < -0.39 is 12.6 Å². The molecule has 8 heteroatoms. The van der Waals surface area contributed by atoms with E-state index in [-0.39, 0.29) is 6.54 Å². The van der Waals surface area contributed by atoms with Gasteiger partial charge in [0.25, 0.3) is 0 Å². The van der Waals surface area contributed by atoms with Crippen molar-refractivity contribution in [2.24, 2.45) is 4.99 Å². The van der Waals surface area contributed by atoms with Crippen LogP contribution in [-0.4, -0.2) is 46.1 Å². The molecule has 142 valence electrons. The van der Waals surface area contributed by atoms with Crippen LogP contribution in [0.3, 0.4) is 0 Å². The minimum atomic E-state index is -4.19. The fourth-order valence-electron chi connectivity index (χ4n) is 2.05. The zero-order valence-electron chi connectivity index (χ0n) is 14.9. The molecular weight excluding hydrogens is 335 g/mol. The normalized spacial score (nSPS) is 12.2. The van der Waals surface area contributed by atoms with Crippen LogP contribution in [0, 0.1) is 6.92 Å². The largest absolute Gasteiger partial charge is 0.493 e. The molecule has 0 aliphatic carbocycles. The first-order valence-electron chi connectivity index (χ1n) is 8.08. The number of hydrogen-bond acceptors (Lipinski definition) is 3. The molecule has 0 saturated carbocycles. The highest BCUT2D eigenvalue weighted by Crippen LogP contribution is 2.21. The van der Waals surface area contributed by atoms with Crippen LogP contribution >= 0.6 is 0 Å². The molecule has 1 aromatic rings. The van der Waals surface area contributed by atoms with Gasteiger partial charge in [-0.1, -0.05) is 12.1 Å². The third kappa shape index (κ3) is 9.19. The van der Waals surface area contributed by atoms with Crippen LogP contribution < -0.4 is 15.4 Å². The van der Waals surface area contributed by atoms with Gasteiger partial charge in [-0.05, 0) is 18.6 Å². The molecule has 0 atom stereocenters. The number of aliphatic imine (C=N–C) groups is 1. The van der Waals surface area contributed by atoms with Crippen molar-refractivity contribution in [1.82, 2.24) is 10.6 Å². The zero-order valence-corrected chi connectivity index (χ0v) is 14.9. The van der Waals surface area contributed by atoms with E-state index in [2.05, 4.69) is 15.6 Å². The lowest BCUT2D eigenvalue weighted by atomic mass is 10.1. The Labute approximate surface area is 146 Å². The lowest BCUT2D eigenvalue weighted by Crippen LogP contribution is -2.38. The molecule has 0 heterocycles. The van der Waals surface area contributed by atoms with E-state index in [1.54, 1.807) is 7.11 Å². The molecule has 2 N–H and O–H groups in total. The summed E-state index contributed by atoms with van der Waals surface area (Å²) in [5.41, 5.74) is 1.97. The lowest BCUT2D eigenvalue weighted by molar-refractivity contribution is -0.132. The molecule has 1 rings (SSSR count). The van der Waals surface area contributed by atoms with Crippen molar-refractivity contribution in [2.45, 2.75) is 32.5 Å². The summed E-state index contributed by atoms with van der Waals surface area (Å²) < 4.78 is 47.4. The van der Waals surface area contributed by atoms with Gasteiger partial charge in [0.15, 0.2) is 5.96 Å². The number of methoxy groups -OCH3 is 1. The maximum absolute atomic E-state index is 12.2. The van der Waals surface area contributed by atoms with Gasteiger partial charge in [-0.15, -0.1) is 0 Å².